The maximum absolute atomic E-state index is 14.5. The van der Waals surface area contributed by atoms with Gasteiger partial charge in [-0.15, -0.1) is 0 Å². The Morgan fingerprint density at radius 1 is 0.881 bits per heavy atom. The number of carbonyl (C=O) groups is 3. The van der Waals surface area contributed by atoms with Crippen molar-refractivity contribution in [2.45, 2.75) is 84.4 Å². The summed E-state index contributed by atoms with van der Waals surface area (Å²) in [5.74, 6) is -0.766. The summed E-state index contributed by atoms with van der Waals surface area (Å²) in [5.41, 5.74) is 2.04. The molecule has 0 fully saturated rings. The van der Waals surface area contributed by atoms with Crippen LogP contribution in [0.25, 0.3) is 22.2 Å². The first kappa shape index (κ1) is 44.6. The molecule has 0 saturated carbocycles. The monoisotopic (exact) mass is 828 g/mol. The lowest BCUT2D eigenvalue weighted by Gasteiger charge is -2.30. The number of hydrogen-bond donors (Lipinski definition) is 2. The van der Waals surface area contributed by atoms with E-state index in [9.17, 15) is 18.6 Å². The molecule has 1 aliphatic carbocycles. The van der Waals surface area contributed by atoms with Crippen LogP contribution in [-0.4, -0.2) is 77.9 Å². The van der Waals surface area contributed by atoms with E-state index in [-0.39, 0.29) is 30.4 Å². The molecule has 1 heterocycles. The molecule has 0 aliphatic heterocycles. The fourth-order valence-corrected chi connectivity index (χ4v) is 7.93. The second-order valence-corrected chi connectivity index (χ2v) is 16.8. The molecule has 14 heteroatoms. The highest BCUT2D eigenvalue weighted by Crippen LogP contribution is 2.37. The Balaban J connectivity index is 1.52. The summed E-state index contributed by atoms with van der Waals surface area (Å²) in [6.45, 7) is 12.9. The highest BCUT2D eigenvalue weighted by Gasteiger charge is 2.40. The Morgan fingerprint density at radius 3 is 2.17 bits per heavy atom. The highest BCUT2D eigenvalue weighted by molar-refractivity contribution is 7.80. The normalized spacial score (nSPS) is 16.8. The summed E-state index contributed by atoms with van der Waals surface area (Å²) in [4.78, 5) is 49.6. The number of ether oxygens (including phenoxy) is 4. The van der Waals surface area contributed by atoms with Gasteiger partial charge in [-0.25, -0.2) is 9.19 Å². The average Bonchev–Trinajstić information content (AvgIpc) is 3.65. The number of likely N-dealkylation sites (N-methyl/N-ethyl adjacent to an activating group) is 1. The maximum Gasteiger partial charge on any atom is 0.249 e. The number of rotatable bonds is 17. The summed E-state index contributed by atoms with van der Waals surface area (Å²) in [6, 6.07) is 21.2. The van der Waals surface area contributed by atoms with E-state index in [1.54, 1.807) is 59.1 Å². The Morgan fingerprint density at radius 2 is 1.56 bits per heavy atom. The molecule has 0 radical (unpaired) electrons. The number of anilines is 1. The van der Waals surface area contributed by atoms with Crippen molar-refractivity contribution in [1.82, 2.24) is 15.6 Å². The third-order valence-electron chi connectivity index (χ3n) is 9.83. The molecule has 316 valence electrons. The van der Waals surface area contributed by atoms with Crippen molar-refractivity contribution in [3.63, 3.8) is 0 Å². The minimum absolute atomic E-state index is 0.0841. The van der Waals surface area contributed by atoms with Crippen molar-refractivity contribution in [1.29, 1.82) is 0 Å². The molecule has 1 aromatic heterocycles. The Kier molecular flexibility index (Phi) is 14.8. The molecule has 2 N–H and O–H groups in total. The number of nitrogens with zero attached hydrogens (tertiary/aromatic N) is 2. The summed E-state index contributed by atoms with van der Waals surface area (Å²) in [6.07, 6.45) is 1.28. The van der Waals surface area contributed by atoms with Crippen LogP contribution < -0.4 is 34.5 Å². The Hall–Kier alpha value is -5.47. The van der Waals surface area contributed by atoms with Gasteiger partial charge in [0.15, 0.2) is 11.1 Å². The molecule has 3 aromatic carbocycles. The second kappa shape index (κ2) is 19.5. The number of methoxy groups -OCH3 is 3. The van der Waals surface area contributed by atoms with E-state index in [1.165, 1.54) is 19.1 Å². The zero-order valence-corrected chi connectivity index (χ0v) is 36.3. The van der Waals surface area contributed by atoms with Crippen LogP contribution in [0.3, 0.4) is 0 Å². The molecule has 0 bridgehead atoms. The van der Waals surface area contributed by atoms with Gasteiger partial charge in [-0.2, -0.15) is 0 Å². The number of amides is 3. The van der Waals surface area contributed by atoms with Crippen LogP contribution in [0.1, 0.15) is 61.3 Å². The van der Waals surface area contributed by atoms with Gasteiger partial charge in [0.1, 0.15) is 40.5 Å². The first-order valence-electron chi connectivity index (χ1n) is 19.8. The molecule has 5 rings (SSSR count). The van der Waals surface area contributed by atoms with Crippen LogP contribution in [0.5, 0.6) is 23.0 Å². The molecule has 1 aliphatic rings. The van der Waals surface area contributed by atoms with E-state index in [0.29, 0.717) is 51.7 Å². The highest BCUT2D eigenvalue weighted by atomic mass is 32.2. The average molecular weight is 829 g/mol. The van der Waals surface area contributed by atoms with Gasteiger partial charge in [0.25, 0.3) is 0 Å². The minimum atomic E-state index is -1.87. The fourth-order valence-electron chi connectivity index (χ4n) is 6.84. The van der Waals surface area contributed by atoms with E-state index in [2.05, 4.69) is 10.6 Å². The van der Waals surface area contributed by atoms with Crippen LogP contribution in [0.15, 0.2) is 84.4 Å². The molecular formula is C45H56N4O9S. The topological polar surface area (TPSA) is 155 Å². The van der Waals surface area contributed by atoms with Crippen molar-refractivity contribution < 1.29 is 41.7 Å². The zero-order chi connectivity index (χ0) is 43.0. The van der Waals surface area contributed by atoms with Crippen molar-refractivity contribution in [2.75, 3.05) is 32.8 Å². The molecule has 4 aromatic rings. The predicted octanol–water partition coefficient (Wildman–Crippen LogP) is 7.15. The van der Waals surface area contributed by atoms with Crippen LogP contribution in [0.2, 0.25) is 0 Å². The van der Waals surface area contributed by atoms with Gasteiger partial charge in [-0.3, -0.25) is 18.6 Å². The SMILES string of the molecule is CC[C@H](NC(=O)C1CC(Oc2cc(-c3ccccc3)nc3cc(OC)ccc23)C=C1C(=O)N[C@H](C(=O)N(CC)c1cc(OC)ccc1OC)C(C)C)S(=O)OC(C)(C)C. The maximum atomic E-state index is 14.5. The first-order valence-corrected chi connectivity index (χ1v) is 20.9. The fraction of sp³-hybridized carbons (Fsp3) is 0.422. The molecule has 3 unspecified atom stereocenters. The first-order chi connectivity index (χ1) is 28.1. The van der Waals surface area contributed by atoms with Gasteiger partial charge < -0.3 is 34.5 Å². The zero-order valence-electron chi connectivity index (χ0n) is 35.5. The van der Waals surface area contributed by atoms with Gasteiger partial charge in [-0.1, -0.05) is 51.1 Å². The summed E-state index contributed by atoms with van der Waals surface area (Å²) in [5, 5.41) is 5.69. The van der Waals surface area contributed by atoms with Gasteiger partial charge >= 0.3 is 0 Å². The molecule has 59 heavy (non-hydrogen) atoms. The van der Waals surface area contributed by atoms with Crippen molar-refractivity contribution in [3.8, 4) is 34.3 Å². The molecule has 13 nitrogen and oxygen atoms in total. The van der Waals surface area contributed by atoms with Crippen molar-refractivity contribution in [3.05, 3.63) is 84.4 Å². The number of benzene rings is 3. The second-order valence-electron chi connectivity index (χ2n) is 15.5. The Labute approximate surface area is 349 Å². The predicted molar refractivity (Wildman–Crippen MR) is 230 cm³/mol. The third-order valence-corrected chi connectivity index (χ3v) is 11.4. The quantitative estimate of drug-likeness (QED) is 0.112. The lowest BCUT2D eigenvalue weighted by molar-refractivity contribution is -0.128. The van der Waals surface area contributed by atoms with Crippen LogP contribution in [0, 0.1) is 11.8 Å². The number of pyridine rings is 1. The van der Waals surface area contributed by atoms with Gasteiger partial charge in [0, 0.05) is 47.7 Å². The molecular weight excluding hydrogens is 773 g/mol. The minimum Gasteiger partial charge on any atom is -0.497 e. The van der Waals surface area contributed by atoms with Gasteiger partial charge in [0.2, 0.25) is 17.7 Å². The number of hydrogen-bond acceptors (Lipinski definition) is 10. The summed E-state index contributed by atoms with van der Waals surface area (Å²) in [7, 11) is 4.64. The molecule has 0 spiro atoms. The number of aromatic nitrogens is 1. The van der Waals surface area contributed by atoms with E-state index >= 15 is 0 Å². The Bertz CT molecular complexity index is 2190. The lowest BCUT2D eigenvalue weighted by Crippen LogP contribution is -2.52. The number of carbonyl (C=O) groups excluding carboxylic acids is 3. The molecule has 0 saturated heterocycles. The summed E-state index contributed by atoms with van der Waals surface area (Å²) < 4.78 is 42.2. The smallest absolute Gasteiger partial charge is 0.249 e. The van der Waals surface area contributed by atoms with Crippen molar-refractivity contribution >= 4 is 45.4 Å². The van der Waals surface area contributed by atoms with Crippen LogP contribution in [-0.2, 0) is 29.6 Å². The standard InChI is InChI=1S/C45H56N4O9S/c1-11-40(59(53)58-45(5,6)7)47-42(50)33-22-31(57-39-26-35(28-16-14-13-15-17-28)46-36-24-29(54-8)18-20-32(36)39)23-34(33)43(51)48-41(27(3)4)44(52)49(12-2)37-25-30(55-9)19-21-38(37)56-10/h13-21,23-27,31,33,40-41H,11-12,22H2,1-10H3,(H,47,50)(H,48,51)/t31?,33?,40-,41+,59?/m1/s1. The molecule has 3 amide bonds. The largest absolute Gasteiger partial charge is 0.497 e. The van der Waals surface area contributed by atoms with Crippen LogP contribution >= 0.6 is 0 Å². The van der Waals surface area contributed by atoms with Gasteiger partial charge in [0.05, 0.1) is 49.7 Å². The van der Waals surface area contributed by atoms with Gasteiger partial charge in [-0.05, 0) is 70.4 Å². The van der Waals surface area contributed by atoms with E-state index in [4.69, 9.17) is 28.1 Å². The lowest BCUT2D eigenvalue weighted by atomic mass is 9.97. The third kappa shape index (κ3) is 10.8. The van der Waals surface area contributed by atoms with E-state index in [1.807, 2.05) is 75.4 Å². The van der Waals surface area contributed by atoms with E-state index < -0.39 is 51.9 Å². The number of fused-ring (bicyclic) bond motifs is 1. The van der Waals surface area contributed by atoms with E-state index in [0.717, 1.165) is 5.56 Å². The van der Waals surface area contributed by atoms with Crippen LogP contribution in [0.4, 0.5) is 5.69 Å². The number of nitrogens with one attached hydrogen (secondary N) is 2. The van der Waals surface area contributed by atoms with Crippen molar-refractivity contribution in [2.24, 2.45) is 11.8 Å². The summed E-state index contributed by atoms with van der Waals surface area (Å²) >= 11 is -1.87. The molecule has 5 atom stereocenters.